The van der Waals surface area contributed by atoms with Gasteiger partial charge in [-0.1, -0.05) is 17.3 Å². The van der Waals surface area contributed by atoms with Gasteiger partial charge >= 0.3 is 0 Å². The molecule has 7 heteroatoms. The van der Waals surface area contributed by atoms with E-state index in [1.807, 2.05) is 43.0 Å². The molecule has 1 aromatic carbocycles. The van der Waals surface area contributed by atoms with Crippen LogP contribution in [0.5, 0.6) is 5.75 Å². The molecule has 0 N–H and O–H groups in total. The minimum Gasteiger partial charge on any atom is -0.488 e. The van der Waals surface area contributed by atoms with Gasteiger partial charge in [0.2, 0.25) is 0 Å². The van der Waals surface area contributed by atoms with Crippen molar-refractivity contribution in [3.8, 4) is 5.75 Å². The summed E-state index contributed by atoms with van der Waals surface area (Å²) in [7, 11) is 0. The number of hydrogen-bond acceptors (Lipinski definition) is 6. The van der Waals surface area contributed by atoms with Crippen molar-refractivity contribution in [3.63, 3.8) is 0 Å². The van der Waals surface area contributed by atoms with Crippen LogP contribution in [0.15, 0.2) is 28.8 Å². The third-order valence-electron chi connectivity index (χ3n) is 5.53. The largest absolute Gasteiger partial charge is 0.488 e. The van der Waals surface area contributed by atoms with Gasteiger partial charge in [0.1, 0.15) is 18.1 Å². The number of benzene rings is 1. The highest BCUT2D eigenvalue weighted by atomic mass is 16.7. The second-order valence-electron chi connectivity index (χ2n) is 7.33. The highest BCUT2D eigenvalue weighted by Gasteiger charge is 2.32. The molecular weight excluding hydrogens is 360 g/mol. The Labute approximate surface area is 164 Å². The molecule has 2 aromatic rings. The molecule has 2 saturated heterocycles. The molecule has 1 amide bonds. The Morgan fingerprint density at radius 3 is 2.57 bits per heavy atom. The third kappa shape index (κ3) is 3.91. The van der Waals surface area contributed by atoms with Crippen LogP contribution >= 0.6 is 0 Å². The molecule has 0 bridgehead atoms. The number of aromatic nitrogens is 1. The van der Waals surface area contributed by atoms with Crippen molar-refractivity contribution < 1.29 is 23.5 Å². The van der Waals surface area contributed by atoms with Crippen molar-refractivity contribution >= 4 is 5.91 Å². The van der Waals surface area contributed by atoms with E-state index in [9.17, 15) is 4.79 Å². The summed E-state index contributed by atoms with van der Waals surface area (Å²) in [6.45, 7) is 6.80. The van der Waals surface area contributed by atoms with E-state index in [0.29, 0.717) is 50.1 Å². The van der Waals surface area contributed by atoms with Crippen LogP contribution in [0, 0.1) is 19.8 Å². The van der Waals surface area contributed by atoms with Crippen molar-refractivity contribution in [3.05, 3.63) is 46.8 Å². The fourth-order valence-electron chi connectivity index (χ4n) is 3.82. The molecule has 4 rings (SSSR count). The average Bonchev–Trinajstić information content (AvgIpc) is 3.37. The van der Waals surface area contributed by atoms with E-state index in [4.69, 9.17) is 18.7 Å². The van der Waals surface area contributed by atoms with Crippen LogP contribution in [-0.4, -0.2) is 48.6 Å². The second-order valence-corrected chi connectivity index (χ2v) is 7.33. The van der Waals surface area contributed by atoms with Crippen molar-refractivity contribution in [2.45, 2.75) is 39.6 Å². The fourth-order valence-corrected chi connectivity index (χ4v) is 3.82. The maximum atomic E-state index is 13.1. The molecule has 0 aliphatic carbocycles. The Bertz CT molecular complexity index is 800. The zero-order valence-corrected chi connectivity index (χ0v) is 16.3. The van der Waals surface area contributed by atoms with Gasteiger partial charge in [-0.25, -0.2) is 0 Å². The number of carbonyl (C=O) groups excluding carboxylic acids is 1. The molecule has 2 aliphatic heterocycles. The lowest BCUT2D eigenvalue weighted by Crippen LogP contribution is -2.41. The van der Waals surface area contributed by atoms with Crippen LogP contribution in [-0.2, 0) is 16.1 Å². The number of ether oxygens (including phenoxy) is 3. The summed E-state index contributed by atoms with van der Waals surface area (Å²) in [5.74, 6) is 1.68. The maximum absolute atomic E-state index is 13.1. The number of aryl methyl sites for hydroxylation is 2. The molecule has 2 aliphatic rings. The molecule has 0 radical (unpaired) electrons. The Morgan fingerprint density at radius 1 is 1.18 bits per heavy atom. The van der Waals surface area contributed by atoms with Gasteiger partial charge < -0.3 is 23.6 Å². The van der Waals surface area contributed by atoms with Crippen molar-refractivity contribution in [2.75, 3.05) is 26.3 Å². The van der Waals surface area contributed by atoms with E-state index in [-0.39, 0.29) is 12.2 Å². The van der Waals surface area contributed by atoms with Gasteiger partial charge in [-0.3, -0.25) is 4.79 Å². The summed E-state index contributed by atoms with van der Waals surface area (Å²) in [6.07, 6.45) is 1.67. The molecule has 28 heavy (non-hydrogen) atoms. The molecule has 0 atom stereocenters. The summed E-state index contributed by atoms with van der Waals surface area (Å²) >= 11 is 0. The summed E-state index contributed by atoms with van der Waals surface area (Å²) in [4.78, 5) is 15.0. The summed E-state index contributed by atoms with van der Waals surface area (Å²) in [5, 5.41) is 3.95. The average molecular weight is 386 g/mol. The molecule has 0 spiro atoms. The topological polar surface area (TPSA) is 74.0 Å². The summed E-state index contributed by atoms with van der Waals surface area (Å²) in [5.41, 5.74) is 2.31. The van der Waals surface area contributed by atoms with E-state index in [1.54, 1.807) is 0 Å². The first kappa shape index (κ1) is 19.0. The van der Waals surface area contributed by atoms with E-state index in [0.717, 1.165) is 29.9 Å². The predicted octanol–water partition coefficient (Wildman–Crippen LogP) is 3.10. The number of amides is 1. The number of nitrogens with zero attached hydrogens (tertiary/aromatic N) is 2. The van der Waals surface area contributed by atoms with Gasteiger partial charge in [-0.15, -0.1) is 0 Å². The molecule has 1 aromatic heterocycles. The van der Waals surface area contributed by atoms with Crippen LogP contribution < -0.4 is 4.74 Å². The first-order chi connectivity index (χ1) is 13.6. The number of rotatable bonds is 5. The lowest BCUT2D eigenvalue weighted by atomic mass is 9.95. The van der Waals surface area contributed by atoms with Gasteiger partial charge in [0.15, 0.2) is 6.29 Å². The molecule has 2 fully saturated rings. The van der Waals surface area contributed by atoms with E-state index >= 15 is 0 Å². The highest BCUT2D eigenvalue weighted by molar-refractivity contribution is 5.97. The Balaban J connectivity index is 1.41. The molecule has 0 unspecified atom stereocenters. The second kappa shape index (κ2) is 8.32. The third-order valence-corrected chi connectivity index (χ3v) is 5.53. The van der Waals surface area contributed by atoms with Gasteiger partial charge in [0.05, 0.1) is 30.0 Å². The zero-order valence-electron chi connectivity index (χ0n) is 16.3. The minimum absolute atomic E-state index is 0.000992. The normalized spacial score (nSPS) is 18.6. The van der Waals surface area contributed by atoms with Crippen LogP contribution in [0.25, 0.3) is 0 Å². The molecule has 3 heterocycles. The zero-order chi connectivity index (χ0) is 19.5. The van der Waals surface area contributed by atoms with Crippen molar-refractivity contribution in [2.24, 2.45) is 5.92 Å². The van der Waals surface area contributed by atoms with E-state index in [2.05, 4.69) is 5.16 Å². The van der Waals surface area contributed by atoms with Crippen LogP contribution in [0.4, 0.5) is 0 Å². The lowest BCUT2D eigenvalue weighted by Gasteiger charge is -2.34. The first-order valence-corrected chi connectivity index (χ1v) is 9.79. The van der Waals surface area contributed by atoms with Crippen molar-refractivity contribution in [1.29, 1.82) is 0 Å². The van der Waals surface area contributed by atoms with Crippen LogP contribution in [0.2, 0.25) is 0 Å². The van der Waals surface area contributed by atoms with Gasteiger partial charge in [0.25, 0.3) is 5.91 Å². The first-order valence-electron chi connectivity index (χ1n) is 9.79. The number of hydrogen-bond donors (Lipinski definition) is 0. The Hall–Kier alpha value is -2.38. The Morgan fingerprint density at radius 2 is 1.89 bits per heavy atom. The van der Waals surface area contributed by atoms with E-state index < -0.39 is 0 Å². The quantitative estimate of drug-likeness (QED) is 0.786. The molecular formula is C21H26N2O5. The fraction of sp³-hybridized carbons (Fsp3) is 0.524. The van der Waals surface area contributed by atoms with E-state index in [1.165, 1.54) is 0 Å². The van der Waals surface area contributed by atoms with Crippen LogP contribution in [0.3, 0.4) is 0 Å². The molecule has 150 valence electrons. The monoisotopic (exact) mass is 386 g/mol. The lowest BCUT2D eigenvalue weighted by molar-refractivity contribution is -0.0956. The molecule has 0 saturated carbocycles. The summed E-state index contributed by atoms with van der Waals surface area (Å²) in [6, 6.07) is 7.39. The maximum Gasteiger partial charge on any atom is 0.257 e. The van der Waals surface area contributed by atoms with Gasteiger partial charge in [-0.05, 0) is 38.8 Å². The van der Waals surface area contributed by atoms with Gasteiger partial charge in [0, 0.05) is 19.0 Å². The number of para-hydroxylation sites is 1. The summed E-state index contributed by atoms with van der Waals surface area (Å²) < 4.78 is 22.4. The number of carbonyl (C=O) groups is 1. The number of likely N-dealkylation sites (tertiary alicyclic amines) is 1. The van der Waals surface area contributed by atoms with Crippen molar-refractivity contribution in [1.82, 2.24) is 10.1 Å². The standard InChI is InChI=1S/C21H26N2O5/c1-14-18(15(2)28-22-14)13-27-19-6-4-3-5-17(19)20(24)23-9-7-16(8-10-23)21-25-11-12-26-21/h3-6,16,21H,7-13H2,1-2H3. The molecule has 7 nitrogen and oxygen atoms in total. The smallest absolute Gasteiger partial charge is 0.257 e. The Kier molecular flexibility index (Phi) is 5.64. The highest BCUT2D eigenvalue weighted by Crippen LogP contribution is 2.28. The van der Waals surface area contributed by atoms with Gasteiger partial charge in [-0.2, -0.15) is 0 Å². The van der Waals surface area contributed by atoms with Crippen LogP contribution in [0.1, 0.15) is 40.2 Å². The number of piperidine rings is 1. The SMILES string of the molecule is Cc1noc(C)c1COc1ccccc1C(=O)N1CCC(C2OCCO2)CC1. The predicted molar refractivity (Wildman–Crippen MR) is 101 cm³/mol. The minimum atomic E-state index is -0.108.